The van der Waals surface area contributed by atoms with Crippen molar-refractivity contribution in [2.75, 3.05) is 12.4 Å². The van der Waals surface area contributed by atoms with Gasteiger partial charge in [-0.2, -0.15) is 0 Å². The van der Waals surface area contributed by atoms with Gasteiger partial charge in [-0.15, -0.1) is 0 Å². The molecule has 0 aliphatic carbocycles. The van der Waals surface area contributed by atoms with Crippen LogP contribution >= 0.6 is 0 Å². The Morgan fingerprint density at radius 2 is 2.21 bits per heavy atom. The SMILES string of the molecule is COC(=O)c1nccc(NCc2cccc(C)c2)n1. The highest BCUT2D eigenvalue weighted by molar-refractivity contribution is 5.85. The Morgan fingerprint density at radius 1 is 1.37 bits per heavy atom. The second kappa shape index (κ2) is 5.95. The van der Waals surface area contributed by atoms with Crippen LogP contribution in [0.5, 0.6) is 0 Å². The maximum atomic E-state index is 11.3. The van der Waals surface area contributed by atoms with Crippen molar-refractivity contribution in [3.8, 4) is 0 Å². The monoisotopic (exact) mass is 257 g/mol. The number of hydrogen-bond donors (Lipinski definition) is 1. The van der Waals surface area contributed by atoms with E-state index in [1.54, 1.807) is 6.07 Å². The van der Waals surface area contributed by atoms with E-state index in [9.17, 15) is 4.79 Å². The van der Waals surface area contributed by atoms with E-state index in [2.05, 4.69) is 26.1 Å². The van der Waals surface area contributed by atoms with Crippen LogP contribution in [-0.4, -0.2) is 23.0 Å². The van der Waals surface area contributed by atoms with Crippen LogP contribution in [0.15, 0.2) is 36.5 Å². The summed E-state index contributed by atoms with van der Waals surface area (Å²) in [5, 5.41) is 3.15. The molecule has 1 aromatic carbocycles. The molecule has 2 rings (SSSR count). The molecule has 0 radical (unpaired) electrons. The number of aryl methyl sites for hydroxylation is 1. The molecule has 0 unspecified atom stereocenters. The number of rotatable bonds is 4. The summed E-state index contributed by atoms with van der Waals surface area (Å²) in [7, 11) is 1.30. The normalized spacial score (nSPS) is 10.0. The van der Waals surface area contributed by atoms with Crippen molar-refractivity contribution in [1.82, 2.24) is 9.97 Å². The van der Waals surface area contributed by atoms with Crippen molar-refractivity contribution in [2.45, 2.75) is 13.5 Å². The highest BCUT2D eigenvalue weighted by atomic mass is 16.5. The fourth-order valence-electron chi connectivity index (χ4n) is 1.66. The summed E-state index contributed by atoms with van der Waals surface area (Å²) in [6, 6.07) is 9.88. The van der Waals surface area contributed by atoms with E-state index in [1.165, 1.54) is 18.9 Å². The third kappa shape index (κ3) is 3.51. The maximum Gasteiger partial charge on any atom is 0.376 e. The van der Waals surface area contributed by atoms with Crippen LogP contribution in [0.4, 0.5) is 5.82 Å². The zero-order valence-electron chi connectivity index (χ0n) is 10.9. The van der Waals surface area contributed by atoms with Gasteiger partial charge >= 0.3 is 5.97 Å². The van der Waals surface area contributed by atoms with Crippen LogP contribution in [-0.2, 0) is 11.3 Å². The van der Waals surface area contributed by atoms with Crippen LogP contribution in [0.25, 0.3) is 0 Å². The molecular formula is C14H15N3O2. The molecule has 98 valence electrons. The van der Waals surface area contributed by atoms with Gasteiger partial charge in [-0.1, -0.05) is 29.8 Å². The first-order valence-electron chi connectivity index (χ1n) is 5.90. The second-order valence-electron chi connectivity index (χ2n) is 4.10. The van der Waals surface area contributed by atoms with Gasteiger partial charge in [-0.3, -0.25) is 0 Å². The first kappa shape index (κ1) is 13.0. The number of methoxy groups -OCH3 is 1. The molecule has 0 amide bonds. The van der Waals surface area contributed by atoms with E-state index in [0.717, 1.165) is 5.56 Å². The lowest BCUT2D eigenvalue weighted by Crippen LogP contribution is -2.09. The van der Waals surface area contributed by atoms with Gasteiger partial charge in [0.05, 0.1) is 7.11 Å². The molecule has 5 nitrogen and oxygen atoms in total. The second-order valence-corrected chi connectivity index (χ2v) is 4.10. The Labute approximate surface area is 111 Å². The quantitative estimate of drug-likeness (QED) is 0.850. The summed E-state index contributed by atoms with van der Waals surface area (Å²) in [6.45, 7) is 2.68. The summed E-state index contributed by atoms with van der Waals surface area (Å²) in [4.78, 5) is 19.2. The number of aromatic nitrogens is 2. The van der Waals surface area contributed by atoms with E-state index in [1.807, 2.05) is 25.1 Å². The Bertz CT molecular complexity index is 584. The molecule has 0 atom stereocenters. The van der Waals surface area contributed by atoms with Gasteiger partial charge in [-0.25, -0.2) is 14.8 Å². The van der Waals surface area contributed by atoms with Gasteiger partial charge in [0.1, 0.15) is 5.82 Å². The molecule has 1 aromatic heterocycles. The third-order valence-electron chi connectivity index (χ3n) is 2.58. The van der Waals surface area contributed by atoms with Crippen molar-refractivity contribution in [1.29, 1.82) is 0 Å². The minimum atomic E-state index is -0.542. The van der Waals surface area contributed by atoms with Gasteiger partial charge in [0, 0.05) is 12.7 Å². The summed E-state index contributed by atoms with van der Waals surface area (Å²) >= 11 is 0. The van der Waals surface area contributed by atoms with Crippen molar-refractivity contribution in [3.05, 3.63) is 53.5 Å². The van der Waals surface area contributed by atoms with E-state index in [0.29, 0.717) is 12.4 Å². The lowest BCUT2D eigenvalue weighted by atomic mass is 10.1. The average molecular weight is 257 g/mol. The van der Waals surface area contributed by atoms with E-state index >= 15 is 0 Å². The number of hydrogen-bond acceptors (Lipinski definition) is 5. The number of carbonyl (C=O) groups excluding carboxylic acids is 1. The fourth-order valence-corrected chi connectivity index (χ4v) is 1.66. The van der Waals surface area contributed by atoms with Crippen LogP contribution in [0.2, 0.25) is 0 Å². The Balaban J connectivity index is 2.05. The van der Waals surface area contributed by atoms with Crippen molar-refractivity contribution in [2.24, 2.45) is 0 Å². The Kier molecular flexibility index (Phi) is 4.07. The molecule has 5 heteroatoms. The lowest BCUT2D eigenvalue weighted by molar-refractivity contribution is 0.0587. The predicted molar refractivity (Wildman–Crippen MR) is 71.9 cm³/mol. The molecule has 0 saturated carbocycles. The van der Waals surface area contributed by atoms with Gasteiger partial charge in [0.15, 0.2) is 0 Å². The van der Waals surface area contributed by atoms with Crippen LogP contribution < -0.4 is 5.32 Å². The van der Waals surface area contributed by atoms with Gasteiger partial charge in [0.25, 0.3) is 0 Å². The molecule has 19 heavy (non-hydrogen) atoms. The number of anilines is 1. The molecule has 0 saturated heterocycles. The van der Waals surface area contributed by atoms with Gasteiger partial charge < -0.3 is 10.1 Å². The molecule has 0 aliphatic heterocycles. The average Bonchev–Trinajstić information content (AvgIpc) is 2.45. The maximum absolute atomic E-state index is 11.3. The first-order chi connectivity index (χ1) is 9.19. The molecule has 2 aromatic rings. The predicted octanol–water partition coefficient (Wildman–Crippen LogP) is 2.18. The van der Waals surface area contributed by atoms with Gasteiger partial charge in [0.2, 0.25) is 5.82 Å². The number of carbonyl (C=O) groups is 1. The number of nitrogens with one attached hydrogen (secondary N) is 1. The van der Waals surface area contributed by atoms with E-state index < -0.39 is 5.97 Å². The molecule has 0 aliphatic rings. The van der Waals surface area contributed by atoms with E-state index in [4.69, 9.17) is 0 Å². The fraction of sp³-hybridized carbons (Fsp3) is 0.214. The Morgan fingerprint density at radius 3 is 2.95 bits per heavy atom. The molecular weight excluding hydrogens is 242 g/mol. The lowest BCUT2D eigenvalue weighted by Gasteiger charge is -2.07. The Hall–Kier alpha value is -2.43. The zero-order chi connectivity index (χ0) is 13.7. The minimum absolute atomic E-state index is 0.0525. The minimum Gasteiger partial charge on any atom is -0.463 e. The largest absolute Gasteiger partial charge is 0.463 e. The van der Waals surface area contributed by atoms with Crippen LogP contribution in [0.1, 0.15) is 21.7 Å². The summed E-state index contributed by atoms with van der Waals surface area (Å²) < 4.78 is 4.58. The van der Waals surface area contributed by atoms with Crippen molar-refractivity contribution in [3.63, 3.8) is 0 Å². The highest BCUT2D eigenvalue weighted by Crippen LogP contribution is 2.08. The first-order valence-corrected chi connectivity index (χ1v) is 5.90. The molecule has 0 fully saturated rings. The number of esters is 1. The van der Waals surface area contributed by atoms with Crippen molar-refractivity contribution >= 4 is 11.8 Å². The van der Waals surface area contributed by atoms with Gasteiger partial charge in [-0.05, 0) is 18.6 Å². The van der Waals surface area contributed by atoms with Crippen molar-refractivity contribution < 1.29 is 9.53 Å². The smallest absolute Gasteiger partial charge is 0.376 e. The highest BCUT2D eigenvalue weighted by Gasteiger charge is 2.09. The summed E-state index contributed by atoms with van der Waals surface area (Å²) in [5.74, 6) is 0.104. The van der Waals surface area contributed by atoms with Crippen LogP contribution in [0, 0.1) is 6.92 Å². The molecule has 0 bridgehead atoms. The molecule has 0 spiro atoms. The van der Waals surface area contributed by atoms with E-state index in [-0.39, 0.29) is 5.82 Å². The van der Waals surface area contributed by atoms with Crippen LogP contribution in [0.3, 0.4) is 0 Å². The summed E-state index contributed by atoms with van der Waals surface area (Å²) in [5.41, 5.74) is 2.36. The number of nitrogens with zero attached hydrogens (tertiary/aromatic N) is 2. The summed E-state index contributed by atoms with van der Waals surface area (Å²) in [6.07, 6.45) is 1.53. The number of ether oxygens (including phenoxy) is 1. The number of benzene rings is 1. The third-order valence-corrected chi connectivity index (χ3v) is 2.58. The standard InChI is InChI=1S/C14H15N3O2/c1-10-4-3-5-11(8-10)9-16-12-6-7-15-13(17-12)14(18)19-2/h3-8H,9H2,1-2H3,(H,15,16,17). The zero-order valence-corrected chi connectivity index (χ0v) is 10.9. The molecule has 1 N–H and O–H groups in total. The topological polar surface area (TPSA) is 64.1 Å². The molecule has 1 heterocycles.